The summed E-state index contributed by atoms with van der Waals surface area (Å²) in [5.74, 6) is 0.481. The molecule has 1 aromatic carbocycles. The molecule has 0 aliphatic carbocycles. The van der Waals surface area contributed by atoms with Gasteiger partial charge in [0.15, 0.2) is 0 Å². The van der Waals surface area contributed by atoms with Gasteiger partial charge >= 0.3 is 6.61 Å². The normalized spacial score (nSPS) is 15.9. The van der Waals surface area contributed by atoms with Crippen LogP contribution in [-0.2, 0) is 7.05 Å². The molecule has 0 atom stereocenters. The van der Waals surface area contributed by atoms with E-state index in [-0.39, 0.29) is 5.75 Å². The number of anilines is 1. The predicted molar refractivity (Wildman–Crippen MR) is 103 cm³/mol. The van der Waals surface area contributed by atoms with Crippen LogP contribution in [0.3, 0.4) is 0 Å². The molecular weight excluding hydrogens is 350 g/mol. The average Bonchev–Trinajstić information content (AvgIpc) is 2.92. The van der Waals surface area contributed by atoms with E-state index in [2.05, 4.69) is 16.9 Å². The maximum absolute atomic E-state index is 13.0. The first kappa shape index (κ1) is 19.1. The molecular formula is C20H24F2N4O. The number of nitrogens with zero attached hydrogens (tertiary/aromatic N) is 3. The van der Waals surface area contributed by atoms with Gasteiger partial charge in [-0.25, -0.2) is 4.98 Å². The van der Waals surface area contributed by atoms with E-state index in [1.54, 1.807) is 30.4 Å². The number of hydrogen-bond acceptors (Lipinski definition) is 4. The molecule has 0 spiro atoms. The topological polar surface area (TPSA) is 42.3 Å². The molecule has 7 heteroatoms. The molecule has 1 aliphatic rings. The van der Waals surface area contributed by atoms with E-state index < -0.39 is 6.61 Å². The first-order valence-electron chi connectivity index (χ1n) is 8.78. The van der Waals surface area contributed by atoms with E-state index in [0.29, 0.717) is 17.3 Å². The van der Waals surface area contributed by atoms with Crippen LogP contribution in [0.2, 0.25) is 0 Å². The average molecular weight is 374 g/mol. The zero-order valence-electron chi connectivity index (χ0n) is 15.7. The minimum absolute atomic E-state index is 0.152. The van der Waals surface area contributed by atoms with Crippen LogP contribution in [0.25, 0.3) is 12.2 Å². The van der Waals surface area contributed by atoms with Crippen molar-refractivity contribution in [2.45, 2.75) is 19.5 Å². The van der Waals surface area contributed by atoms with Crippen LogP contribution in [0.15, 0.2) is 36.8 Å². The van der Waals surface area contributed by atoms with Gasteiger partial charge in [-0.2, -0.15) is 8.78 Å². The summed E-state index contributed by atoms with van der Waals surface area (Å²) < 4.78 is 32.6. The van der Waals surface area contributed by atoms with Crippen molar-refractivity contribution in [1.82, 2.24) is 14.9 Å². The lowest BCUT2D eigenvalue weighted by molar-refractivity contribution is -0.0495. The number of alkyl halides is 2. The molecule has 144 valence electrons. The van der Waals surface area contributed by atoms with Gasteiger partial charge in [-0.1, -0.05) is 18.7 Å². The molecule has 1 aliphatic heterocycles. The Morgan fingerprint density at radius 1 is 1.44 bits per heavy atom. The van der Waals surface area contributed by atoms with E-state index in [4.69, 9.17) is 4.74 Å². The largest absolute Gasteiger partial charge is 0.433 e. The number of hydrogen-bond donors (Lipinski definition) is 1. The molecule has 0 unspecified atom stereocenters. The van der Waals surface area contributed by atoms with Gasteiger partial charge in [-0.15, -0.1) is 0 Å². The van der Waals surface area contributed by atoms with Crippen molar-refractivity contribution in [3.63, 3.8) is 0 Å². The number of rotatable bonds is 6. The number of benzene rings is 1. The Hall–Kier alpha value is -2.67. The van der Waals surface area contributed by atoms with E-state index in [1.807, 2.05) is 36.8 Å². The molecule has 1 aromatic heterocycles. The summed E-state index contributed by atoms with van der Waals surface area (Å²) in [6.45, 7) is 4.81. The Kier molecular flexibility index (Phi) is 5.60. The van der Waals surface area contributed by atoms with Gasteiger partial charge in [-0.05, 0) is 30.7 Å². The Labute approximate surface area is 157 Å². The number of allylic oxidation sites excluding steroid dienone is 1. The van der Waals surface area contributed by atoms with Crippen molar-refractivity contribution in [2.24, 2.45) is 7.05 Å². The number of aryl methyl sites for hydroxylation is 1. The van der Waals surface area contributed by atoms with Gasteiger partial charge in [0.25, 0.3) is 0 Å². The minimum Gasteiger partial charge on any atom is -0.433 e. The minimum atomic E-state index is -2.89. The van der Waals surface area contributed by atoms with Crippen LogP contribution < -0.4 is 25.7 Å². The van der Waals surface area contributed by atoms with Gasteiger partial charge in [0, 0.05) is 38.8 Å². The zero-order valence-corrected chi connectivity index (χ0v) is 15.7. The van der Waals surface area contributed by atoms with Crippen LogP contribution in [0.1, 0.15) is 18.4 Å². The zero-order chi connectivity index (χ0) is 19.6. The standard InChI is InChI=1S/C20H24F2N4O/c1-5-16-18(25(3)12-24-16)8-13(2)26(4)17-7-6-14(15-10-23-11-15)9-19(17)27-20(21)22/h5-9,12,15,20,23H,2,10-11H2,1,3-4H3/b16-5+,18-8+. The number of imidazole rings is 1. The monoisotopic (exact) mass is 374 g/mol. The van der Waals surface area contributed by atoms with Crippen molar-refractivity contribution < 1.29 is 13.5 Å². The molecule has 1 N–H and O–H groups in total. The molecule has 0 bridgehead atoms. The molecule has 1 saturated heterocycles. The molecule has 0 amide bonds. The Balaban J connectivity index is 1.96. The van der Waals surface area contributed by atoms with Crippen LogP contribution >= 0.6 is 0 Å². The summed E-state index contributed by atoms with van der Waals surface area (Å²) in [6.07, 6.45) is 5.51. The number of ether oxygens (including phenoxy) is 1. The second-order valence-electron chi connectivity index (χ2n) is 6.57. The van der Waals surface area contributed by atoms with Gasteiger partial charge in [0.2, 0.25) is 0 Å². The highest BCUT2D eigenvalue weighted by Gasteiger charge is 2.22. The molecule has 5 nitrogen and oxygen atoms in total. The lowest BCUT2D eigenvalue weighted by atomic mass is 9.93. The van der Waals surface area contributed by atoms with Crippen LogP contribution in [0.5, 0.6) is 5.75 Å². The fourth-order valence-corrected chi connectivity index (χ4v) is 3.04. The van der Waals surface area contributed by atoms with Gasteiger partial charge in [0.05, 0.1) is 22.7 Å². The lowest BCUT2D eigenvalue weighted by Gasteiger charge is -2.29. The molecule has 27 heavy (non-hydrogen) atoms. The van der Waals surface area contributed by atoms with Gasteiger partial charge in [-0.3, -0.25) is 0 Å². The fourth-order valence-electron chi connectivity index (χ4n) is 3.04. The number of nitrogens with one attached hydrogen (secondary N) is 1. The van der Waals surface area contributed by atoms with E-state index >= 15 is 0 Å². The maximum atomic E-state index is 13.0. The van der Waals surface area contributed by atoms with E-state index in [0.717, 1.165) is 29.4 Å². The highest BCUT2D eigenvalue weighted by atomic mass is 19.3. The van der Waals surface area contributed by atoms with Crippen LogP contribution in [0.4, 0.5) is 14.5 Å². The van der Waals surface area contributed by atoms with Crippen molar-refractivity contribution in [3.8, 4) is 5.75 Å². The SMILES string of the molecule is C=C(/C=c1\c(=C/C)ncn1C)N(C)c1ccc(C2CNC2)cc1OC(F)F. The summed E-state index contributed by atoms with van der Waals surface area (Å²) in [6, 6.07) is 5.46. The highest BCUT2D eigenvalue weighted by Crippen LogP contribution is 2.35. The van der Waals surface area contributed by atoms with E-state index in [1.165, 1.54) is 0 Å². The predicted octanol–water partition coefficient (Wildman–Crippen LogP) is 1.94. The molecule has 2 heterocycles. The number of halogens is 2. The quantitative estimate of drug-likeness (QED) is 0.839. The maximum Gasteiger partial charge on any atom is 0.387 e. The smallest absolute Gasteiger partial charge is 0.387 e. The van der Waals surface area contributed by atoms with Gasteiger partial charge in [0.1, 0.15) is 5.75 Å². The van der Waals surface area contributed by atoms with Crippen molar-refractivity contribution >= 4 is 17.8 Å². The van der Waals surface area contributed by atoms with Crippen molar-refractivity contribution in [2.75, 3.05) is 25.0 Å². The van der Waals surface area contributed by atoms with Crippen LogP contribution in [0, 0.1) is 0 Å². The summed E-state index contributed by atoms with van der Waals surface area (Å²) in [5.41, 5.74) is 2.17. The third-order valence-corrected chi connectivity index (χ3v) is 4.83. The third-order valence-electron chi connectivity index (χ3n) is 4.83. The lowest BCUT2D eigenvalue weighted by Crippen LogP contribution is -2.39. The Bertz CT molecular complexity index is 947. The molecule has 1 fully saturated rings. The molecule has 3 rings (SSSR count). The first-order valence-corrected chi connectivity index (χ1v) is 8.78. The highest BCUT2D eigenvalue weighted by molar-refractivity contribution is 5.67. The van der Waals surface area contributed by atoms with Crippen molar-refractivity contribution in [3.05, 3.63) is 53.1 Å². The molecule has 0 saturated carbocycles. The third kappa shape index (κ3) is 4.03. The summed E-state index contributed by atoms with van der Waals surface area (Å²) in [7, 11) is 3.68. The molecule has 2 aromatic rings. The van der Waals surface area contributed by atoms with Crippen molar-refractivity contribution in [1.29, 1.82) is 0 Å². The Morgan fingerprint density at radius 3 is 2.78 bits per heavy atom. The van der Waals surface area contributed by atoms with E-state index in [9.17, 15) is 8.78 Å². The summed E-state index contributed by atoms with van der Waals surface area (Å²) in [4.78, 5) is 6.05. The summed E-state index contributed by atoms with van der Waals surface area (Å²) in [5, 5.41) is 4.92. The second-order valence-corrected chi connectivity index (χ2v) is 6.57. The Morgan fingerprint density at radius 2 is 2.19 bits per heavy atom. The first-order chi connectivity index (χ1) is 12.9. The van der Waals surface area contributed by atoms with Crippen LogP contribution in [-0.4, -0.2) is 36.3 Å². The van der Waals surface area contributed by atoms with Gasteiger partial charge < -0.3 is 19.5 Å². The number of aromatic nitrogens is 2. The molecule has 0 radical (unpaired) electrons. The fraction of sp³-hybridized carbons (Fsp3) is 0.350. The summed E-state index contributed by atoms with van der Waals surface area (Å²) >= 11 is 0. The second kappa shape index (κ2) is 7.92.